The molecule has 4 nitrogen and oxygen atoms in total. The van der Waals surface area contributed by atoms with Crippen molar-refractivity contribution in [2.45, 2.75) is 51.9 Å². The third-order valence-corrected chi connectivity index (χ3v) is 5.18. The van der Waals surface area contributed by atoms with Crippen LogP contribution in [0.15, 0.2) is 30.5 Å². The van der Waals surface area contributed by atoms with Gasteiger partial charge in [-0.05, 0) is 43.2 Å². The summed E-state index contributed by atoms with van der Waals surface area (Å²) in [5, 5.41) is 5.73. The predicted molar refractivity (Wildman–Crippen MR) is 92.0 cm³/mol. The van der Waals surface area contributed by atoms with E-state index in [0.29, 0.717) is 5.41 Å². The fourth-order valence-electron chi connectivity index (χ4n) is 3.47. The summed E-state index contributed by atoms with van der Waals surface area (Å²) in [7, 11) is 0. The predicted octanol–water partition coefficient (Wildman–Crippen LogP) is 4.13. The van der Waals surface area contributed by atoms with Gasteiger partial charge in [0.25, 0.3) is 0 Å². The highest BCUT2D eigenvalue weighted by atomic mass is 15.3. The van der Waals surface area contributed by atoms with E-state index in [1.54, 1.807) is 0 Å². The van der Waals surface area contributed by atoms with Crippen LogP contribution in [0.1, 0.15) is 50.2 Å². The summed E-state index contributed by atoms with van der Waals surface area (Å²) in [6.45, 7) is 6.42. The molecular formula is C19H22N4. The van der Waals surface area contributed by atoms with Gasteiger partial charge in [0.15, 0.2) is 5.82 Å². The molecule has 4 heteroatoms. The van der Waals surface area contributed by atoms with Gasteiger partial charge in [-0.15, -0.1) is 0 Å². The molecule has 0 saturated heterocycles. The van der Waals surface area contributed by atoms with Crippen LogP contribution < -0.4 is 0 Å². The Bertz CT molecular complexity index is 874. The van der Waals surface area contributed by atoms with Gasteiger partial charge < -0.3 is 0 Å². The molecule has 1 aromatic carbocycles. The summed E-state index contributed by atoms with van der Waals surface area (Å²) >= 11 is 0. The number of fused-ring (bicyclic) bond motifs is 1. The van der Waals surface area contributed by atoms with Crippen molar-refractivity contribution in [3.63, 3.8) is 0 Å². The van der Waals surface area contributed by atoms with Crippen molar-refractivity contribution in [1.29, 1.82) is 0 Å². The van der Waals surface area contributed by atoms with Gasteiger partial charge in [-0.25, -0.2) is 14.6 Å². The Labute approximate surface area is 136 Å². The monoisotopic (exact) mass is 306 g/mol. The lowest BCUT2D eigenvalue weighted by Gasteiger charge is -2.39. The van der Waals surface area contributed by atoms with Gasteiger partial charge in [0.05, 0.1) is 11.7 Å². The highest BCUT2D eigenvalue weighted by molar-refractivity contribution is 5.81. The number of aryl methyl sites for hydroxylation is 2. The minimum absolute atomic E-state index is 0.333. The number of hydrogen-bond acceptors (Lipinski definition) is 3. The molecule has 0 amide bonds. The van der Waals surface area contributed by atoms with Gasteiger partial charge in [0.2, 0.25) is 0 Å². The second-order valence-corrected chi connectivity index (χ2v) is 6.86. The first kappa shape index (κ1) is 14.4. The number of benzene rings is 1. The van der Waals surface area contributed by atoms with Crippen molar-refractivity contribution in [2.24, 2.45) is 0 Å². The van der Waals surface area contributed by atoms with Crippen LogP contribution >= 0.6 is 0 Å². The second-order valence-electron chi connectivity index (χ2n) is 6.86. The number of hydrogen-bond donors (Lipinski definition) is 0. The SMILES string of the molecule is CCc1cc(-n2ncc3ccc(C4(C)CCC4)cc32)nc(C)n1. The highest BCUT2D eigenvalue weighted by Gasteiger charge is 2.33. The zero-order valence-corrected chi connectivity index (χ0v) is 14.0. The van der Waals surface area contributed by atoms with Crippen LogP contribution in [0.3, 0.4) is 0 Å². The summed E-state index contributed by atoms with van der Waals surface area (Å²) in [5.41, 5.74) is 3.94. The fraction of sp³-hybridized carbons (Fsp3) is 0.421. The van der Waals surface area contributed by atoms with Crippen LogP contribution in [0.25, 0.3) is 16.7 Å². The lowest BCUT2D eigenvalue weighted by atomic mass is 9.66. The average Bonchev–Trinajstić information content (AvgIpc) is 2.95. The maximum atomic E-state index is 4.59. The molecule has 0 N–H and O–H groups in total. The van der Waals surface area contributed by atoms with Crippen LogP contribution in [-0.2, 0) is 11.8 Å². The molecule has 4 rings (SSSR count). The van der Waals surface area contributed by atoms with E-state index in [-0.39, 0.29) is 0 Å². The van der Waals surface area contributed by atoms with E-state index in [2.05, 4.69) is 47.1 Å². The molecule has 0 spiro atoms. The normalized spacial score (nSPS) is 16.5. The van der Waals surface area contributed by atoms with Crippen molar-refractivity contribution in [3.05, 3.63) is 47.5 Å². The van der Waals surface area contributed by atoms with E-state index < -0.39 is 0 Å². The maximum absolute atomic E-state index is 4.59. The van der Waals surface area contributed by atoms with Gasteiger partial charge in [-0.3, -0.25) is 0 Å². The van der Waals surface area contributed by atoms with Crippen molar-refractivity contribution < 1.29 is 0 Å². The van der Waals surface area contributed by atoms with Crippen LogP contribution in [0.4, 0.5) is 0 Å². The Morgan fingerprint density at radius 2 is 2.00 bits per heavy atom. The molecule has 0 aliphatic heterocycles. The maximum Gasteiger partial charge on any atom is 0.157 e. The van der Waals surface area contributed by atoms with Gasteiger partial charge in [0, 0.05) is 17.1 Å². The fourth-order valence-corrected chi connectivity index (χ4v) is 3.47. The quantitative estimate of drug-likeness (QED) is 0.731. The molecule has 1 fully saturated rings. The molecule has 118 valence electrons. The van der Waals surface area contributed by atoms with E-state index >= 15 is 0 Å². The summed E-state index contributed by atoms with van der Waals surface area (Å²) in [4.78, 5) is 9.06. The van der Waals surface area contributed by atoms with Crippen molar-refractivity contribution in [1.82, 2.24) is 19.7 Å². The van der Waals surface area contributed by atoms with Gasteiger partial charge in [0.1, 0.15) is 5.82 Å². The van der Waals surface area contributed by atoms with Crippen molar-refractivity contribution >= 4 is 10.9 Å². The molecule has 2 aromatic heterocycles. The molecule has 1 saturated carbocycles. The van der Waals surface area contributed by atoms with E-state index in [0.717, 1.165) is 34.7 Å². The lowest BCUT2D eigenvalue weighted by Crippen LogP contribution is -2.30. The number of nitrogens with zero attached hydrogens (tertiary/aromatic N) is 4. The Morgan fingerprint density at radius 1 is 1.17 bits per heavy atom. The number of aromatic nitrogens is 4. The van der Waals surface area contributed by atoms with Crippen LogP contribution in [0, 0.1) is 6.92 Å². The Morgan fingerprint density at radius 3 is 2.70 bits per heavy atom. The largest absolute Gasteiger partial charge is 0.238 e. The van der Waals surface area contributed by atoms with Crippen molar-refractivity contribution in [3.8, 4) is 5.82 Å². The van der Waals surface area contributed by atoms with Crippen molar-refractivity contribution in [2.75, 3.05) is 0 Å². The summed E-state index contributed by atoms with van der Waals surface area (Å²) in [6, 6.07) is 8.78. The summed E-state index contributed by atoms with van der Waals surface area (Å²) < 4.78 is 1.95. The van der Waals surface area contributed by atoms with E-state index in [9.17, 15) is 0 Å². The number of rotatable bonds is 3. The highest BCUT2D eigenvalue weighted by Crippen LogP contribution is 2.43. The Balaban J connectivity index is 1.87. The molecule has 0 atom stereocenters. The molecule has 0 bridgehead atoms. The van der Waals surface area contributed by atoms with Gasteiger partial charge >= 0.3 is 0 Å². The molecule has 0 radical (unpaired) electrons. The molecule has 2 heterocycles. The zero-order chi connectivity index (χ0) is 16.0. The molecular weight excluding hydrogens is 284 g/mol. The third-order valence-electron chi connectivity index (χ3n) is 5.18. The molecule has 1 aliphatic rings. The second kappa shape index (κ2) is 5.15. The molecule has 3 aromatic rings. The topological polar surface area (TPSA) is 43.6 Å². The minimum Gasteiger partial charge on any atom is -0.238 e. The van der Waals surface area contributed by atoms with E-state index in [1.807, 2.05) is 23.9 Å². The smallest absolute Gasteiger partial charge is 0.157 e. The first-order valence-electron chi connectivity index (χ1n) is 8.42. The summed E-state index contributed by atoms with van der Waals surface area (Å²) in [5.74, 6) is 1.66. The van der Waals surface area contributed by atoms with Crippen LogP contribution in [-0.4, -0.2) is 19.7 Å². The zero-order valence-electron chi connectivity index (χ0n) is 14.0. The lowest BCUT2D eigenvalue weighted by molar-refractivity contribution is 0.272. The first-order chi connectivity index (χ1) is 11.1. The Kier molecular flexibility index (Phi) is 3.22. The molecule has 0 unspecified atom stereocenters. The van der Waals surface area contributed by atoms with Crippen LogP contribution in [0.5, 0.6) is 0 Å². The minimum atomic E-state index is 0.333. The van der Waals surface area contributed by atoms with Gasteiger partial charge in [-0.2, -0.15) is 5.10 Å². The van der Waals surface area contributed by atoms with Gasteiger partial charge in [-0.1, -0.05) is 32.4 Å². The standard InChI is InChI=1S/C19H22N4/c1-4-16-11-18(22-13(2)21-16)23-17-10-15(19(3)8-5-9-19)7-6-14(17)12-20-23/h6-7,10-12H,4-5,8-9H2,1-3H3. The van der Waals surface area contributed by atoms with Crippen LogP contribution in [0.2, 0.25) is 0 Å². The Hall–Kier alpha value is -2.23. The third kappa shape index (κ3) is 2.33. The molecule has 1 aliphatic carbocycles. The first-order valence-corrected chi connectivity index (χ1v) is 8.42. The molecule has 23 heavy (non-hydrogen) atoms. The average molecular weight is 306 g/mol. The summed E-state index contributed by atoms with van der Waals surface area (Å²) in [6.07, 6.45) is 6.71. The van der Waals surface area contributed by atoms with E-state index in [4.69, 9.17) is 0 Å². The van der Waals surface area contributed by atoms with E-state index in [1.165, 1.54) is 24.8 Å².